The van der Waals surface area contributed by atoms with Crippen LogP contribution in [0.1, 0.15) is 85.5 Å². The van der Waals surface area contributed by atoms with Crippen LogP contribution in [0.3, 0.4) is 0 Å². The molecule has 23 heavy (non-hydrogen) atoms. The predicted octanol–water partition coefficient (Wildman–Crippen LogP) is 4.96. The minimum atomic E-state index is -1.18. The number of rotatable bonds is 9. The maximum Gasteiger partial charge on any atom is 0.310 e. The Hall–Kier alpha value is -1.06. The summed E-state index contributed by atoms with van der Waals surface area (Å²) in [6, 6.07) is 0. The fraction of sp³-hybridized carbons (Fsp3) is 0.895. The molecule has 0 aliphatic heterocycles. The van der Waals surface area contributed by atoms with Crippen molar-refractivity contribution in [3.63, 3.8) is 0 Å². The molecule has 1 unspecified atom stereocenters. The summed E-state index contributed by atoms with van der Waals surface area (Å²) in [7, 11) is 0. The smallest absolute Gasteiger partial charge is 0.310 e. The highest BCUT2D eigenvalue weighted by atomic mass is 16.4. The van der Waals surface area contributed by atoms with Crippen LogP contribution in [0.4, 0.5) is 0 Å². The van der Waals surface area contributed by atoms with E-state index in [-0.39, 0.29) is 5.92 Å². The maximum absolute atomic E-state index is 12.4. The molecule has 0 heterocycles. The predicted molar refractivity (Wildman–Crippen MR) is 91.4 cm³/mol. The third-order valence-corrected chi connectivity index (χ3v) is 6.06. The summed E-state index contributed by atoms with van der Waals surface area (Å²) in [5.74, 6) is -1.36. The van der Waals surface area contributed by atoms with E-state index < -0.39 is 22.8 Å². The second-order valence-electron chi connectivity index (χ2n) is 7.79. The molecule has 0 spiro atoms. The summed E-state index contributed by atoms with van der Waals surface area (Å²) >= 11 is 0. The largest absolute Gasteiger partial charge is 0.481 e. The summed E-state index contributed by atoms with van der Waals surface area (Å²) in [4.78, 5) is 24.6. The maximum atomic E-state index is 12.4. The standard InChI is InChI=1S/C19H34O4/c1-5-18(6-2,16(20)21)19(17(22)23,12-14(3)4)13-15-10-8-7-9-11-15/h14-15H,5-13H2,1-4H3,(H,20,21)(H,22,23). The van der Waals surface area contributed by atoms with E-state index in [1.54, 1.807) is 0 Å². The Kier molecular flexibility index (Phi) is 7.09. The Balaban J connectivity index is 3.35. The molecule has 4 nitrogen and oxygen atoms in total. The van der Waals surface area contributed by atoms with Crippen LogP contribution in [-0.4, -0.2) is 22.2 Å². The van der Waals surface area contributed by atoms with E-state index in [1.807, 2.05) is 27.7 Å². The average molecular weight is 326 g/mol. The highest BCUT2D eigenvalue weighted by molar-refractivity contribution is 5.86. The van der Waals surface area contributed by atoms with Crippen molar-refractivity contribution in [1.82, 2.24) is 0 Å². The van der Waals surface area contributed by atoms with Gasteiger partial charge in [0, 0.05) is 0 Å². The van der Waals surface area contributed by atoms with Crippen molar-refractivity contribution in [2.45, 2.75) is 85.5 Å². The van der Waals surface area contributed by atoms with Crippen LogP contribution in [0.15, 0.2) is 0 Å². The molecule has 0 aromatic heterocycles. The van der Waals surface area contributed by atoms with E-state index in [9.17, 15) is 19.8 Å². The number of hydrogen-bond acceptors (Lipinski definition) is 2. The monoisotopic (exact) mass is 326 g/mol. The number of carboxylic acids is 2. The fourth-order valence-corrected chi connectivity index (χ4v) is 4.87. The summed E-state index contributed by atoms with van der Waals surface area (Å²) in [5.41, 5.74) is -2.35. The Morgan fingerprint density at radius 3 is 1.78 bits per heavy atom. The van der Waals surface area contributed by atoms with Gasteiger partial charge in [0.2, 0.25) is 0 Å². The van der Waals surface area contributed by atoms with Gasteiger partial charge >= 0.3 is 11.9 Å². The summed E-state index contributed by atoms with van der Waals surface area (Å²) < 4.78 is 0. The number of carbonyl (C=O) groups is 2. The molecule has 2 N–H and O–H groups in total. The minimum Gasteiger partial charge on any atom is -0.481 e. The van der Waals surface area contributed by atoms with Gasteiger partial charge in [0.25, 0.3) is 0 Å². The van der Waals surface area contributed by atoms with Gasteiger partial charge in [-0.15, -0.1) is 0 Å². The summed E-state index contributed by atoms with van der Waals surface area (Å²) in [5, 5.41) is 20.2. The fourth-order valence-electron chi connectivity index (χ4n) is 4.87. The van der Waals surface area contributed by atoms with E-state index in [1.165, 1.54) is 6.42 Å². The molecule has 1 atom stereocenters. The lowest BCUT2D eigenvalue weighted by molar-refractivity contribution is -0.180. The van der Waals surface area contributed by atoms with Crippen molar-refractivity contribution >= 4 is 11.9 Å². The van der Waals surface area contributed by atoms with E-state index in [0.717, 1.165) is 25.7 Å². The molecule has 0 aromatic rings. The van der Waals surface area contributed by atoms with Gasteiger partial charge in [-0.25, -0.2) is 0 Å². The molecule has 1 aliphatic rings. The summed E-state index contributed by atoms with van der Waals surface area (Å²) in [6.45, 7) is 7.65. The first-order valence-corrected chi connectivity index (χ1v) is 9.22. The summed E-state index contributed by atoms with van der Waals surface area (Å²) in [6.07, 6.45) is 7.25. The normalized spacial score (nSPS) is 19.5. The van der Waals surface area contributed by atoms with Gasteiger partial charge < -0.3 is 10.2 Å². The van der Waals surface area contributed by atoms with E-state index in [4.69, 9.17) is 0 Å². The van der Waals surface area contributed by atoms with Gasteiger partial charge in [0.05, 0.1) is 10.8 Å². The third-order valence-electron chi connectivity index (χ3n) is 6.06. The zero-order valence-electron chi connectivity index (χ0n) is 15.2. The Morgan fingerprint density at radius 2 is 1.43 bits per heavy atom. The highest BCUT2D eigenvalue weighted by Crippen LogP contribution is 2.54. The van der Waals surface area contributed by atoms with Crippen LogP contribution >= 0.6 is 0 Å². The van der Waals surface area contributed by atoms with Gasteiger partial charge in [0.15, 0.2) is 0 Å². The van der Waals surface area contributed by atoms with Crippen LogP contribution in [0.5, 0.6) is 0 Å². The zero-order valence-corrected chi connectivity index (χ0v) is 15.2. The first kappa shape index (κ1) is 20.0. The molecular formula is C19H34O4. The molecule has 1 aliphatic carbocycles. The van der Waals surface area contributed by atoms with Crippen molar-refractivity contribution in [2.75, 3.05) is 0 Å². The van der Waals surface area contributed by atoms with Crippen LogP contribution < -0.4 is 0 Å². The Labute approximate surface area is 140 Å². The van der Waals surface area contributed by atoms with Crippen molar-refractivity contribution in [3.8, 4) is 0 Å². The quantitative estimate of drug-likeness (QED) is 0.627. The second kappa shape index (κ2) is 8.16. The molecule has 1 fully saturated rings. The van der Waals surface area contributed by atoms with Crippen LogP contribution in [-0.2, 0) is 9.59 Å². The van der Waals surface area contributed by atoms with Crippen LogP contribution in [0, 0.1) is 22.7 Å². The van der Waals surface area contributed by atoms with E-state index in [0.29, 0.717) is 31.6 Å². The topological polar surface area (TPSA) is 74.6 Å². The Bertz CT molecular complexity index is 406. The molecule has 0 radical (unpaired) electrons. The Morgan fingerprint density at radius 1 is 0.957 bits per heavy atom. The van der Waals surface area contributed by atoms with Gasteiger partial charge in [-0.1, -0.05) is 59.8 Å². The lowest BCUT2D eigenvalue weighted by Gasteiger charge is -2.47. The molecular weight excluding hydrogens is 292 g/mol. The van der Waals surface area contributed by atoms with Gasteiger partial charge in [-0.2, -0.15) is 0 Å². The van der Waals surface area contributed by atoms with Gasteiger partial charge in [0.1, 0.15) is 0 Å². The molecule has 4 heteroatoms. The van der Waals surface area contributed by atoms with Crippen LogP contribution in [0.2, 0.25) is 0 Å². The van der Waals surface area contributed by atoms with Crippen molar-refractivity contribution in [2.24, 2.45) is 22.7 Å². The molecule has 0 bridgehead atoms. The highest BCUT2D eigenvalue weighted by Gasteiger charge is 2.59. The molecule has 1 saturated carbocycles. The third kappa shape index (κ3) is 3.89. The minimum absolute atomic E-state index is 0.159. The number of carboxylic acid groups (broad SMARTS) is 2. The van der Waals surface area contributed by atoms with Gasteiger partial charge in [-0.3, -0.25) is 9.59 Å². The van der Waals surface area contributed by atoms with Gasteiger partial charge in [-0.05, 0) is 37.5 Å². The molecule has 1 rings (SSSR count). The second-order valence-corrected chi connectivity index (χ2v) is 7.79. The van der Waals surface area contributed by atoms with Crippen molar-refractivity contribution < 1.29 is 19.8 Å². The number of hydrogen-bond donors (Lipinski definition) is 2. The average Bonchev–Trinajstić information content (AvgIpc) is 2.48. The number of aliphatic carboxylic acids is 2. The molecule has 134 valence electrons. The SMILES string of the molecule is CCC(CC)(C(=O)O)C(CC(C)C)(CC1CCCCC1)C(=O)O. The lowest BCUT2D eigenvalue weighted by Crippen LogP contribution is -2.53. The van der Waals surface area contributed by atoms with Crippen molar-refractivity contribution in [3.05, 3.63) is 0 Å². The molecule has 0 aromatic carbocycles. The lowest BCUT2D eigenvalue weighted by atomic mass is 9.53. The van der Waals surface area contributed by atoms with Crippen molar-refractivity contribution in [1.29, 1.82) is 0 Å². The van der Waals surface area contributed by atoms with E-state index in [2.05, 4.69) is 0 Å². The first-order valence-electron chi connectivity index (χ1n) is 9.22. The zero-order chi connectivity index (χ0) is 17.7. The van der Waals surface area contributed by atoms with Crippen LogP contribution in [0.25, 0.3) is 0 Å². The first-order chi connectivity index (χ1) is 10.8. The van der Waals surface area contributed by atoms with E-state index >= 15 is 0 Å². The molecule has 0 amide bonds. The molecule has 0 saturated heterocycles.